The zero-order chi connectivity index (χ0) is 16.2. The summed E-state index contributed by atoms with van der Waals surface area (Å²) in [6.45, 7) is 0. The molecule has 0 amide bonds. The Morgan fingerprint density at radius 1 is 0.696 bits per heavy atom. The molecule has 0 unspecified atom stereocenters. The third-order valence-electron chi connectivity index (χ3n) is 3.32. The molecular weight excluding hydrogens is 393 g/mol. The number of rotatable bonds is 3. The lowest BCUT2D eigenvalue weighted by Crippen LogP contribution is -2.02. The lowest BCUT2D eigenvalue weighted by atomic mass is 10.0. The number of halogens is 3. The Labute approximate surface area is 153 Å². The molecule has 0 bridgehead atoms. The number of hydrogen-bond donors (Lipinski definition) is 0. The fourth-order valence-electron chi connectivity index (χ4n) is 2.17. The lowest BCUT2D eigenvalue weighted by molar-refractivity contribution is 1.45. The van der Waals surface area contributed by atoms with E-state index in [4.69, 9.17) is 28.2 Å². The molecule has 0 fully saturated rings. The highest BCUT2D eigenvalue weighted by atomic mass is 79.9. The summed E-state index contributed by atoms with van der Waals surface area (Å²) >= 11 is 15.6. The zero-order valence-corrected chi connectivity index (χ0v) is 15.1. The van der Waals surface area contributed by atoms with Crippen LogP contribution in [0.2, 0.25) is 10.0 Å². The predicted octanol–water partition coefficient (Wildman–Crippen LogP) is 6.93. The molecule has 114 valence electrons. The van der Waals surface area contributed by atoms with E-state index in [0.29, 0.717) is 10.0 Å². The Kier molecular flexibility index (Phi) is 5.16. The van der Waals surface area contributed by atoms with Crippen molar-refractivity contribution >= 4 is 50.5 Å². The van der Waals surface area contributed by atoms with Crippen LogP contribution in [0.15, 0.2) is 82.3 Å². The Balaban J connectivity index is 2.15. The molecule has 1 nitrogen and oxygen atoms in total. The normalized spacial score (nSPS) is 10.4. The quantitative estimate of drug-likeness (QED) is 0.420. The van der Waals surface area contributed by atoms with Gasteiger partial charge in [-0.05, 0) is 52.3 Å². The van der Waals surface area contributed by atoms with E-state index in [1.54, 1.807) is 0 Å². The van der Waals surface area contributed by atoms with Gasteiger partial charge in [-0.25, -0.2) is 4.99 Å². The highest BCUT2D eigenvalue weighted by Gasteiger charge is 2.09. The third kappa shape index (κ3) is 4.03. The van der Waals surface area contributed by atoms with Gasteiger partial charge in [0, 0.05) is 25.6 Å². The summed E-state index contributed by atoms with van der Waals surface area (Å²) in [5.41, 5.74) is 3.72. The minimum absolute atomic E-state index is 0.699. The minimum atomic E-state index is 0.699. The Morgan fingerprint density at radius 2 is 1.17 bits per heavy atom. The summed E-state index contributed by atoms with van der Waals surface area (Å²) in [5.74, 6) is 0. The second-order valence-corrected chi connectivity index (χ2v) is 6.65. The van der Waals surface area contributed by atoms with E-state index < -0.39 is 0 Å². The van der Waals surface area contributed by atoms with E-state index >= 15 is 0 Å². The summed E-state index contributed by atoms with van der Waals surface area (Å²) in [6.07, 6.45) is 0. The van der Waals surface area contributed by atoms with Crippen molar-refractivity contribution < 1.29 is 0 Å². The number of hydrogen-bond acceptors (Lipinski definition) is 1. The first-order chi connectivity index (χ1) is 11.1. The van der Waals surface area contributed by atoms with Gasteiger partial charge >= 0.3 is 0 Å². The monoisotopic (exact) mass is 403 g/mol. The molecule has 0 saturated heterocycles. The average Bonchev–Trinajstić information content (AvgIpc) is 2.56. The highest BCUT2D eigenvalue weighted by molar-refractivity contribution is 9.10. The maximum Gasteiger partial charge on any atom is 0.0782 e. The van der Waals surface area contributed by atoms with Crippen molar-refractivity contribution in [3.8, 4) is 0 Å². The third-order valence-corrected chi connectivity index (χ3v) is 4.49. The molecule has 0 aliphatic rings. The van der Waals surface area contributed by atoms with Crippen LogP contribution in [0.1, 0.15) is 11.1 Å². The van der Waals surface area contributed by atoms with Gasteiger partial charge in [-0.15, -0.1) is 0 Å². The first-order valence-corrected chi connectivity index (χ1v) is 8.53. The van der Waals surface area contributed by atoms with Gasteiger partial charge in [0.2, 0.25) is 0 Å². The number of benzene rings is 3. The van der Waals surface area contributed by atoms with Gasteiger partial charge in [0.25, 0.3) is 0 Å². The van der Waals surface area contributed by atoms with Crippen LogP contribution in [0.4, 0.5) is 5.69 Å². The van der Waals surface area contributed by atoms with Crippen LogP contribution in [0, 0.1) is 0 Å². The SMILES string of the molecule is Clc1ccc(C(=Nc2ccccc2Br)c2ccc(Cl)cc2)cc1. The van der Waals surface area contributed by atoms with Crippen LogP contribution >= 0.6 is 39.1 Å². The number of para-hydroxylation sites is 1. The zero-order valence-electron chi connectivity index (χ0n) is 12.0. The van der Waals surface area contributed by atoms with Gasteiger partial charge < -0.3 is 0 Å². The molecule has 0 aromatic heterocycles. The molecule has 23 heavy (non-hydrogen) atoms. The topological polar surface area (TPSA) is 12.4 Å². The van der Waals surface area contributed by atoms with Crippen molar-refractivity contribution in [2.75, 3.05) is 0 Å². The van der Waals surface area contributed by atoms with Crippen molar-refractivity contribution in [3.63, 3.8) is 0 Å². The first-order valence-electron chi connectivity index (χ1n) is 6.98. The summed E-state index contributed by atoms with van der Waals surface area (Å²) in [4.78, 5) is 4.84. The van der Waals surface area contributed by atoms with E-state index in [9.17, 15) is 0 Å². The second-order valence-electron chi connectivity index (χ2n) is 4.93. The summed E-state index contributed by atoms with van der Waals surface area (Å²) in [6, 6.07) is 23.2. The molecule has 3 aromatic rings. The average molecular weight is 405 g/mol. The van der Waals surface area contributed by atoms with Gasteiger partial charge in [-0.1, -0.05) is 59.6 Å². The fourth-order valence-corrected chi connectivity index (χ4v) is 2.80. The van der Waals surface area contributed by atoms with Gasteiger partial charge in [-0.3, -0.25) is 0 Å². The molecule has 0 aliphatic carbocycles. The fraction of sp³-hybridized carbons (Fsp3) is 0. The number of nitrogens with zero attached hydrogens (tertiary/aromatic N) is 1. The largest absolute Gasteiger partial charge is 0.247 e. The van der Waals surface area contributed by atoms with E-state index in [1.807, 2.05) is 72.8 Å². The first kappa shape index (κ1) is 16.3. The van der Waals surface area contributed by atoms with Crippen LogP contribution in [-0.2, 0) is 0 Å². The Morgan fingerprint density at radius 3 is 1.65 bits per heavy atom. The highest BCUT2D eigenvalue weighted by Crippen LogP contribution is 2.27. The smallest absolute Gasteiger partial charge is 0.0782 e. The van der Waals surface area contributed by atoms with Crippen LogP contribution in [0.3, 0.4) is 0 Å². The molecule has 0 radical (unpaired) electrons. The van der Waals surface area contributed by atoms with E-state index in [2.05, 4.69) is 15.9 Å². The summed E-state index contributed by atoms with van der Waals surface area (Å²) in [5, 5.41) is 1.40. The van der Waals surface area contributed by atoms with Crippen LogP contribution in [-0.4, -0.2) is 5.71 Å². The molecule has 3 aromatic carbocycles. The molecule has 0 heterocycles. The molecular formula is C19H12BrCl2N. The van der Waals surface area contributed by atoms with Crippen LogP contribution in [0.5, 0.6) is 0 Å². The van der Waals surface area contributed by atoms with Gasteiger partial charge in [0.15, 0.2) is 0 Å². The Bertz CT molecular complexity index is 793. The van der Waals surface area contributed by atoms with Gasteiger partial charge in [0.05, 0.1) is 11.4 Å². The van der Waals surface area contributed by atoms with E-state index in [0.717, 1.165) is 27.0 Å². The van der Waals surface area contributed by atoms with Crippen LogP contribution < -0.4 is 0 Å². The van der Waals surface area contributed by atoms with Crippen molar-refractivity contribution in [1.29, 1.82) is 0 Å². The molecule has 0 saturated carbocycles. The van der Waals surface area contributed by atoms with Crippen molar-refractivity contribution in [1.82, 2.24) is 0 Å². The van der Waals surface area contributed by atoms with Crippen LogP contribution in [0.25, 0.3) is 0 Å². The van der Waals surface area contributed by atoms with Gasteiger partial charge in [-0.2, -0.15) is 0 Å². The predicted molar refractivity (Wildman–Crippen MR) is 102 cm³/mol. The summed E-state index contributed by atoms with van der Waals surface area (Å²) in [7, 11) is 0. The molecule has 0 aliphatic heterocycles. The lowest BCUT2D eigenvalue weighted by Gasteiger charge is -2.09. The minimum Gasteiger partial charge on any atom is -0.247 e. The Hall–Kier alpha value is -1.61. The van der Waals surface area contributed by atoms with Crippen molar-refractivity contribution in [3.05, 3.63) is 98.4 Å². The van der Waals surface area contributed by atoms with Gasteiger partial charge in [0.1, 0.15) is 0 Å². The van der Waals surface area contributed by atoms with E-state index in [1.165, 1.54) is 0 Å². The standard InChI is InChI=1S/C19H12BrCl2N/c20-17-3-1-2-4-18(17)23-19(13-5-9-15(21)10-6-13)14-7-11-16(22)12-8-14/h1-12H. The molecule has 3 rings (SSSR count). The van der Waals surface area contributed by atoms with Crippen molar-refractivity contribution in [2.24, 2.45) is 4.99 Å². The molecule has 0 N–H and O–H groups in total. The maximum absolute atomic E-state index is 6.00. The van der Waals surface area contributed by atoms with E-state index in [-0.39, 0.29) is 0 Å². The number of aliphatic imine (C=N–C) groups is 1. The summed E-state index contributed by atoms with van der Waals surface area (Å²) < 4.78 is 0.945. The molecule has 0 atom stereocenters. The molecule has 4 heteroatoms. The second kappa shape index (κ2) is 7.31. The molecule has 0 spiro atoms. The maximum atomic E-state index is 6.00. The van der Waals surface area contributed by atoms with Crippen molar-refractivity contribution in [2.45, 2.75) is 0 Å².